The summed E-state index contributed by atoms with van der Waals surface area (Å²) >= 11 is 0. The first-order valence-corrected chi connectivity index (χ1v) is 11.1. The number of piperidine rings is 1. The number of nitrogens with zero attached hydrogens (tertiary/aromatic N) is 1. The molecule has 0 saturated carbocycles. The Hall–Kier alpha value is -2.38. The van der Waals surface area contributed by atoms with E-state index < -0.39 is 10.0 Å². The molecule has 0 radical (unpaired) electrons. The zero-order chi connectivity index (χ0) is 19.6. The Balaban J connectivity index is 1.31. The molecule has 1 amide bonds. The number of sulfonamides is 1. The van der Waals surface area contributed by atoms with E-state index in [2.05, 4.69) is 10.8 Å². The maximum atomic E-state index is 12.6. The Bertz CT molecular complexity index is 952. The summed E-state index contributed by atoms with van der Waals surface area (Å²) in [7, 11) is -3.52. The Morgan fingerprint density at radius 1 is 1.11 bits per heavy atom. The predicted molar refractivity (Wildman–Crippen MR) is 106 cm³/mol. The molecule has 0 spiro atoms. The normalized spacial score (nSPS) is 17.2. The van der Waals surface area contributed by atoms with Crippen LogP contribution >= 0.6 is 0 Å². The minimum absolute atomic E-state index is 0.0863. The van der Waals surface area contributed by atoms with Gasteiger partial charge < -0.3 is 9.64 Å². The van der Waals surface area contributed by atoms with Crippen molar-refractivity contribution in [1.82, 2.24) is 9.62 Å². The van der Waals surface area contributed by atoms with E-state index in [-0.39, 0.29) is 16.8 Å². The van der Waals surface area contributed by atoms with Gasteiger partial charge >= 0.3 is 0 Å². The van der Waals surface area contributed by atoms with Gasteiger partial charge in [-0.05, 0) is 42.2 Å². The molecule has 0 bridgehead atoms. The van der Waals surface area contributed by atoms with Crippen LogP contribution in [0.4, 0.5) is 0 Å². The lowest BCUT2D eigenvalue weighted by Crippen LogP contribution is -2.46. The summed E-state index contributed by atoms with van der Waals surface area (Å²) in [4.78, 5) is 14.7. The van der Waals surface area contributed by atoms with E-state index in [1.165, 1.54) is 5.56 Å². The van der Waals surface area contributed by atoms with Crippen LogP contribution in [0.3, 0.4) is 0 Å². The lowest BCUT2D eigenvalue weighted by atomic mass is 10.0. The van der Waals surface area contributed by atoms with Crippen molar-refractivity contribution in [3.05, 3.63) is 59.7 Å². The number of hydrogen-bond donors (Lipinski definition) is 1. The topological polar surface area (TPSA) is 75.7 Å². The van der Waals surface area contributed by atoms with E-state index in [1.807, 2.05) is 17.0 Å². The fourth-order valence-electron chi connectivity index (χ4n) is 3.77. The fraction of sp³-hybridized carbons (Fsp3) is 0.381. The van der Waals surface area contributed by atoms with Gasteiger partial charge in [0, 0.05) is 25.6 Å². The molecule has 148 valence electrons. The number of hydrogen-bond acceptors (Lipinski definition) is 4. The third kappa shape index (κ3) is 4.20. The van der Waals surface area contributed by atoms with E-state index in [0.717, 1.165) is 17.7 Å². The van der Waals surface area contributed by atoms with Crippen molar-refractivity contribution in [2.75, 3.05) is 19.7 Å². The largest absolute Gasteiger partial charge is 0.493 e. The molecule has 0 unspecified atom stereocenters. The summed E-state index contributed by atoms with van der Waals surface area (Å²) in [6.07, 6.45) is 2.50. The smallest absolute Gasteiger partial charge is 0.240 e. The quantitative estimate of drug-likeness (QED) is 0.834. The number of rotatable bonds is 5. The molecule has 2 heterocycles. The van der Waals surface area contributed by atoms with Gasteiger partial charge in [0.25, 0.3) is 0 Å². The second-order valence-corrected chi connectivity index (χ2v) is 9.02. The van der Waals surface area contributed by atoms with Crippen molar-refractivity contribution in [2.24, 2.45) is 0 Å². The van der Waals surface area contributed by atoms with Crippen molar-refractivity contribution in [1.29, 1.82) is 0 Å². The number of likely N-dealkylation sites (tertiary alicyclic amines) is 1. The first-order valence-electron chi connectivity index (χ1n) is 9.61. The molecule has 6 nitrogen and oxygen atoms in total. The van der Waals surface area contributed by atoms with Gasteiger partial charge in [0.1, 0.15) is 5.75 Å². The zero-order valence-corrected chi connectivity index (χ0v) is 16.5. The fourth-order valence-corrected chi connectivity index (χ4v) is 5.10. The van der Waals surface area contributed by atoms with E-state index in [4.69, 9.17) is 4.74 Å². The monoisotopic (exact) mass is 400 g/mol. The third-order valence-electron chi connectivity index (χ3n) is 5.33. The average molecular weight is 401 g/mol. The summed E-state index contributed by atoms with van der Waals surface area (Å²) in [6.45, 7) is 1.84. The van der Waals surface area contributed by atoms with Crippen LogP contribution in [0, 0.1) is 0 Å². The van der Waals surface area contributed by atoms with Gasteiger partial charge in [0.15, 0.2) is 0 Å². The molecule has 2 aromatic carbocycles. The van der Waals surface area contributed by atoms with Crippen molar-refractivity contribution in [2.45, 2.75) is 36.6 Å². The Morgan fingerprint density at radius 2 is 1.86 bits per heavy atom. The maximum Gasteiger partial charge on any atom is 0.240 e. The van der Waals surface area contributed by atoms with Crippen LogP contribution in [0.1, 0.15) is 24.0 Å². The van der Waals surface area contributed by atoms with Crippen molar-refractivity contribution in [3.8, 4) is 5.75 Å². The van der Waals surface area contributed by atoms with Crippen molar-refractivity contribution < 1.29 is 17.9 Å². The number of amides is 1. The molecule has 1 fully saturated rings. The molecule has 0 aliphatic carbocycles. The molecule has 1 saturated heterocycles. The Kier molecular flexibility index (Phi) is 5.37. The molecule has 1 N–H and O–H groups in total. The first-order chi connectivity index (χ1) is 13.5. The van der Waals surface area contributed by atoms with Crippen molar-refractivity contribution >= 4 is 15.9 Å². The average Bonchev–Trinajstić information content (AvgIpc) is 3.17. The van der Waals surface area contributed by atoms with Crippen LogP contribution in [0.25, 0.3) is 0 Å². The van der Waals surface area contributed by atoms with Crippen LogP contribution in [0.2, 0.25) is 0 Å². The minimum Gasteiger partial charge on any atom is -0.493 e. The third-order valence-corrected chi connectivity index (χ3v) is 6.87. The molecule has 0 atom stereocenters. The van der Waals surface area contributed by atoms with E-state index in [0.29, 0.717) is 39.0 Å². The molecule has 0 aromatic heterocycles. The van der Waals surface area contributed by atoms with Gasteiger partial charge in [-0.3, -0.25) is 4.79 Å². The Morgan fingerprint density at radius 3 is 2.61 bits per heavy atom. The van der Waals surface area contributed by atoms with Crippen LogP contribution in [-0.4, -0.2) is 45.0 Å². The summed E-state index contributed by atoms with van der Waals surface area (Å²) in [5.74, 6) is 1.01. The second-order valence-electron chi connectivity index (χ2n) is 7.31. The highest BCUT2D eigenvalue weighted by atomic mass is 32.2. The SMILES string of the molecule is O=C(Cc1ccc2c(c1)CCO2)N1CCC(NS(=O)(=O)c2ccccc2)CC1. The minimum atomic E-state index is -3.52. The summed E-state index contributed by atoms with van der Waals surface area (Å²) in [5.41, 5.74) is 2.17. The van der Waals surface area contributed by atoms with Gasteiger partial charge in [-0.1, -0.05) is 30.3 Å². The van der Waals surface area contributed by atoms with Crippen molar-refractivity contribution in [3.63, 3.8) is 0 Å². The van der Waals surface area contributed by atoms with Crippen LogP contribution < -0.4 is 9.46 Å². The van der Waals surface area contributed by atoms with E-state index in [9.17, 15) is 13.2 Å². The van der Waals surface area contributed by atoms with Gasteiger partial charge in [-0.15, -0.1) is 0 Å². The van der Waals surface area contributed by atoms with Crippen LogP contribution in [0.15, 0.2) is 53.4 Å². The first kappa shape index (κ1) is 19.0. The summed E-state index contributed by atoms with van der Waals surface area (Å²) in [6, 6.07) is 14.2. The van der Waals surface area contributed by atoms with Gasteiger partial charge in [-0.2, -0.15) is 0 Å². The molecule has 2 aromatic rings. The van der Waals surface area contributed by atoms with Gasteiger partial charge in [0.2, 0.25) is 15.9 Å². The highest BCUT2D eigenvalue weighted by Crippen LogP contribution is 2.26. The van der Waals surface area contributed by atoms with Gasteiger partial charge in [0.05, 0.1) is 17.9 Å². The molecule has 28 heavy (non-hydrogen) atoms. The number of ether oxygens (including phenoxy) is 1. The van der Waals surface area contributed by atoms with Crippen LogP contribution in [0.5, 0.6) is 5.75 Å². The Labute approximate surface area is 165 Å². The zero-order valence-electron chi connectivity index (χ0n) is 15.6. The predicted octanol–water partition coefficient (Wildman–Crippen LogP) is 2.13. The molecule has 2 aliphatic rings. The molecular weight excluding hydrogens is 376 g/mol. The number of fused-ring (bicyclic) bond motifs is 1. The van der Waals surface area contributed by atoms with Gasteiger partial charge in [-0.25, -0.2) is 13.1 Å². The van der Waals surface area contributed by atoms with Crippen LogP contribution in [-0.2, 0) is 27.7 Å². The lowest BCUT2D eigenvalue weighted by molar-refractivity contribution is -0.131. The van der Waals surface area contributed by atoms with E-state index in [1.54, 1.807) is 30.3 Å². The molecule has 2 aliphatic heterocycles. The molecule has 7 heteroatoms. The second kappa shape index (κ2) is 7.93. The number of carbonyl (C=O) groups is 1. The molecule has 4 rings (SSSR count). The number of benzene rings is 2. The standard InChI is InChI=1S/C21H24N2O4S/c24-21(15-16-6-7-20-17(14-16)10-13-27-20)23-11-8-18(9-12-23)22-28(25,26)19-4-2-1-3-5-19/h1-7,14,18,22H,8-13,15H2. The molecular formula is C21H24N2O4S. The number of carbonyl (C=O) groups excluding carboxylic acids is 1. The summed E-state index contributed by atoms with van der Waals surface area (Å²) < 4.78 is 33.2. The number of nitrogens with one attached hydrogen (secondary N) is 1. The van der Waals surface area contributed by atoms with E-state index >= 15 is 0 Å². The maximum absolute atomic E-state index is 12.6. The highest BCUT2D eigenvalue weighted by Gasteiger charge is 2.26. The summed E-state index contributed by atoms with van der Waals surface area (Å²) in [5, 5.41) is 0. The lowest BCUT2D eigenvalue weighted by Gasteiger charge is -2.32. The highest BCUT2D eigenvalue weighted by molar-refractivity contribution is 7.89.